The number of rotatable bonds is 4. The van der Waals surface area contributed by atoms with Crippen LogP contribution in [-0.2, 0) is 0 Å². The Morgan fingerprint density at radius 2 is 1.89 bits per heavy atom. The standard InChI is InChI=1S/C14H25N5/c1-11(2)13-10-12(3)16-14(17-13)19-8-6-18(5-4-15)7-9-19/h10-11H,4-9,15H2,1-3H3. The zero-order valence-corrected chi connectivity index (χ0v) is 12.3. The van der Waals surface area contributed by atoms with Gasteiger partial charge in [-0.25, -0.2) is 9.97 Å². The minimum atomic E-state index is 0.443. The largest absolute Gasteiger partial charge is 0.338 e. The first-order valence-electron chi connectivity index (χ1n) is 7.13. The van der Waals surface area contributed by atoms with Crippen LogP contribution in [0.3, 0.4) is 0 Å². The van der Waals surface area contributed by atoms with E-state index in [-0.39, 0.29) is 0 Å². The van der Waals surface area contributed by atoms with Gasteiger partial charge in [-0.15, -0.1) is 0 Å². The minimum Gasteiger partial charge on any atom is -0.338 e. The van der Waals surface area contributed by atoms with E-state index in [1.165, 1.54) is 0 Å². The first kappa shape index (κ1) is 14.2. The third kappa shape index (κ3) is 3.64. The molecule has 0 saturated carbocycles. The molecule has 2 heterocycles. The van der Waals surface area contributed by atoms with E-state index in [0.717, 1.165) is 56.6 Å². The molecule has 0 radical (unpaired) electrons. The number of nitrogens with two attached hydrogens (primary N) is 1. The summed E-state index contributed by atoms with van der Waals surface area (Å²) in [6.07, 6.45) is 0. The highest BCUT2D eigenvalue weighted by atomic mass is 15.3. The van der Waals surface area contributed by atoms with Crippen molar-refractivity contribution < 1.29 is 0 Å². The molecule has 0 spiro atoms. The zero-order chi connectivity index (χ0) is 13.8. The Labute approximate surface area is 115 Å². The maximum absolute atomic E-state index is 5.60. The van der Waals surface area contributed by atoms with Crippen LogP contribution in [0.1, 0.15) is 31.2 Å². The van der Waals surface area contributed by atoms with E-state index in [1.807, 2.05) is 6.92 Å². The Balaban J connectivity index is 2.06. The molecule has 19 heavy (non-hydrogen) atoms. The normalized spacial score (nSPS) is 17.2. The summed E-state index contributed by atoms with van der Waals surface area (Å²) in [6.45, 7) is 12.2. The van der Waals surface area contributed by atoms with Gasteiger partial charge in [-0.2, -0.15) is 0 Å². The number of aromatic nitrogens is 2. The van der Waals surface area contributed by atoms with Crippen molar-refractivity contribution in [3.63, 3.8) is 0 Å². The van der Waals surface area contributed by atoms with Crippen molar-refractivity contribution in [3.8, 4) is 0 Å². The lowest BCUT2D eigenvalue weighted by Gasteiger charge is -2.34. The van der Waals surface area contributed by atoms with Crippen molar-refractivity contribution >= 4 is 5.95 Å². The number of hydrogen-bond acceptors (Lipinski definition) is 5. The molecule has 1 aromatic heterocycles. The van der Waals surface area contributed by atoms with Crippen LogP contribution in [0.4, 0.5) is 5.95 Å². The number of aryl methyl sites for hydroxylation is 1. The third-order valence-corrected chi connectivity index (χ3v) is 3.55. The second-order valence-electron chi connectivity index (χ2n) is 5.51. The van der Waals surface area contributed by atoms with Gasteiger partial charge in [-0.3, -0.25) is 4.90 Å². The van der Waals surface area contributed by atoms with Crippen molar-refractivity contribution in [2.24, 2.45) is 5.73 Å². The molecule has 1 saturated heterocycles. The monoisotopic (exact) mass is 263 g/mol. The molecule has 2 rings (SSSR count). The first-order chi connectivity index (χ1) is 9.10. The van der Waals surface area contributed by atoms with Crippen LogP contribution in [0.2, 0.25) is 0 Å². The molecule has 0 unspecified atom stereocenters. The van der Waals surface area contributed by atoms with Gasteiger partial charge in [0.1, 0.15) is 0 Å². The van der Waals surface area contributed by atoms with Crippen LogP contribution in [0.5, 0.6) is 0 Å². The molecule has 1 fully saturated rings. The van der Waals surface area contributed by atoms with E-state index in [9.17, 15) is 0 Å². The highest BCUT2D eigenvalue weighted by molar-refractivity contribution is 5.33. The van der Waals surface area contributed by atoms with E-state index in [0.29, 0.717) is 5.92 Å². The van der Waals surface area contributed by atoms with Gasteiger partial charge >= 0.3 is 0 Å². The average Bonchev–Trinajstić information content (AvgIpc) is 2.39. The Morgan fingerprint density at radius 3 is 2.47 bits per heavy atom. The van der Waals surface area contributed by atoms with E-state index in [2.05, 4.69) is 34.7 Å². The van der Waals surface area contributed by atoms with Crippen LogP contribution >= 0.6 is 0 Å². The lowest BCUT2D eigenvalue weighted by molar-refractivity contribution is 0.263. The van der Waals surface area contributed by atoms with Crippen LogP contribution in [0, 0.1) is 6.92 Å². The van der Waals surface area contributed by atoms with Crippen LogP contribution < -0.4 is 10.6 Å². The van der Waals surface area contributed by atoms with Crippen molar-refractivity contribution in [1.29, 1.82) is 0 Å². The fourth-order valence-corrected chi connectivity index (χ4v) is 2.37. The molecule has 0 amide bonds. The molecule has 0 aliphatic carbocycles. The van der Waals surface area contributed by atoms with Crippen LogP contribution in [0.15, 0.2) is 6.07 Å². The fourth-order valence-electron chi connectivity index (χ4n) is 2.37. The van der Waals surface area contributed by atoms with Gasteiger partial charge in [0.15, 0.2) is 0 Å². The molecule has 1 aliphatic rings. The molecule has 0 atom stereocenters. The van der Waals surface area contributed by atoms with Gasteiger partial charge in [-0.1, -0.05) is 13.8 Å². The summed E-state index contributed by atoms with van der Waals surface area (Å²) in [4.78, 5) is 14.0. The Bertz CT molecular complexity index is 410. The molecule has 1 aromatic rings. The van der Waals surface area contributed by atoms with Crippen LogP contribution in [0.25, 0.3) is 0 Å². The second kappa shape index (κ2) is 6.30. The van der Waals surface area contributed by atoms with E-state index in [4.69, 9.17) is 10.7 Å². The molecule has 0 aromatic carbocycles. The molecule has 0 bridgehead atoms. The first-order valence-corrected chi connectivity index (χ1v) is 7.13. The topological polar surface area (TPSA) is 58.3 Å². The van der Waals surface area contributed by atoms with Crippen molar-refractivity contribution in [3.05, 3.63) is 17.5 Å². The molecule has 5 heteroatoms. The summed E-state index contributed by atoms with van der Waals surface area (Å²) in [5, 5.41) is 0. The number of piperazine rings is 1. The lowest BCUT2D eigenvalue weighted by atomic mass is 10.1. The average molecular weight is 263 g/mol. The second-order valence-corrected chi connectivity index (χ2v) is 5.51. The van der Waals surface area contributed by atoms with Gasteiger partial charge < -0.3 is 10.6 Å². The SMILES string of the molecule is Cc1cc(C(C)C)nc(N2CCN(CCN)CC2)n1. The molecular formula is C14H25N5. The Morgan fingerprint density at radius 1 is 1.21 bits per heavy atom. The summed E-state index contributed by atoms with van der Waals surface area (Å²) in [7, 11) is 0. The van der Waals surface area contributed by atoms with Crippen LogP contribution in [-0.4, -0.2) is 54.1 Å². The summed E-state index contributed by atoms with van der Waals surface area (Å²) in [5.41, 5.74) is 7.78. The maximum atomic E-state index is 5.60. The lowest BCUT2D eigenvalue weighted by Crippen LogP contribution is -2.48. The number of anilines is 1. The van der Waals surface area contributed by atoms with E-state index < -0.39 is 0 Å². The summed E-state index contributed by atoms with van der Waals surface area (Å²) < 4.78 is 0. The third-order valence-electron chi connectivity index (χ3n) is 3.55. The van der Waals surface area contributed by atoms with Crippen molar-refractivity contribution in [2.75, 3.05) is 44.2 Å². The quantitative estimate of drug-likeness (QED) is 0.878. The van der Waals surface area contributed by atoms with Crippen molar-refractivity contribution in [2.45, 2.75) is 26.7 Å². The summed E-state index contributed by atoms with van der Waals surface area (Å²) >= 11 is 0. The van der Waals surface area contributed by atoms with Crippen molar-refractivity contribution in [1.82, 2.24) is 14.9 Å². The number of hydrogen-bond donors (Lipinski definition) is 1. The molecule has 2 N–H and O–H groups in total. The van der Waals surface area contributed by atoms with Gasteiger partial charge in [0.25, 0.3) is 0 Å². The minimum absolute atomic E-state index is 0.443. The highest BCUT2D eigenvalue weighted by Gasteiger charge is 2.19. The predicted octanol–water partition coefficient (Wildman–Crippen LogP) is 0.989. The van der Waals surface area contributed by atoms with Gasteiger partial charge in [-0.05, 0) is 18.9 Å². The Hall–Kier alpha value is -1.20. The molecule has 106 valence electrons. The smallest absolute Gasteiger partial charge is 0.225 e. The van der Waals surface area contributed by atoms with E-state index >= 15 is 0 Å². The number of nitrogens with zero attached hydrogens (tertiary/aromatic N) is 4. The Kier molecular flexibility index (Phi) is 4.71. The summed E-state index contributed by atoms with van der Waals surface area (Å²) in [5.74, 6) is 1.33. The van der Waals surface area contributed by atoms with Gasteiger partial charge in [0.05, 0.1) is 0 Å². The maximum Gasteiger partial charge on any atom is 0.225 e. The fraction of sp³-hybridized carbons (Fsp3) is 0.714. The molecule has 5 nitrogen and oxygen atoms in total. The summed E-state index contributed by atoms with van der Waals surface area (Å²) in [6, 6.07) is 2.08. The van der Waals surface area contributed by atoms with E-state index in [1.54, 1.807) is 0 Å². The van der Waals surface area contributed by atoms with Gasteiger partial charge in [0.2, 0.25) is 5.95 Å². The molecule has 1 aliphatic heterocycles. The van der Waals surface area contributed by atoms with Gasteiger partial charge in [0, 0.05) is 50.7 Å². The zero-order valence-electron chi connectivity index (χ0n) is 12.3. The predicted molar refractivity (Wildman–Crippen MR) is 78.6 cm³/mol. The molecular weight excluding hydrogens is 238 g/mol. The highest BCUT2D eigenvalue weighted by Crippen LogP contribution is 2.18.